The number of hydrogen-bond acceptors (Lipinski definition) is 4. The molecule has 5 nitrogen and oxygen atoms in total. The van der Waals surface area contributed by atoms with Gasteiger partial charge in [-0.3, -0.25) is 4.79 Å². The Hall–Kier alpha value is -2.24. The van der Waals surface area contributed by atoms with E-state index >= 15 is 0 Å². The van der Waals surface area contributed by atoms with Crippen LogP contribution in [0.15, 0.2) is 23.1 Å². The minimum atomic E-state index is -0.748. The van der Waals surface area contributed by atoms with E-state index in [1.165, 1.54) is 25.4 Å². The normalized spacial score (nSPS) is 10.6. The van der Waals surface area contributed by atoms with E-state index in [4.69, 9.17) is 4.74 Å². The van der Waals surface area contributed by atoms with Crippen LogP contribution in [0.5, 0.6) is 0 Å². The summed E-state index contributed by atoms with van der Waals surface area (Å²) in [5.74, 6) is -1.46. The van der Waals surface area contributed by atoms with Crippen molar-refractivity contribution in [2.24, 2.45) is 7.05 Å². The molecule has 18 heavy (non-hydrogen) atoms. The minimum Gasteiger partial charge on any atom is -0.462 e. The fourth-order valence-corrected chi connectivity index (χ4v) is 1.75. The predicted octanol–water partition coefficient (Wildman–Crippen LogP) is 1.25. The second-order valence-corrected chi connectivity index (χ2v) is 3.68. The van der Waals surface area contributed by atoms with Crippen LogP contribution < -0.4 is 5.56 Å². The van der Waals surface area contributed by atoms with Gasteiger partial charge < -0.3 is 9.30 Å². The molecule has 0 fully saturated rings. The molecule has 0 saturated heterocycles. The van der Waals surface area contributed by atoms with E-state index in [0.29, 0.717) is 5.39 Å². The average molecular weight is 250 g/mol. The van der Waals surface area contributed by atoms with Crippen LogP contribution in [0, 0.1) is 5.95 Å². The average Bonchev–Trinajstić information content (AvgIpc) is 2.33. The topological polar surface area (TPSA) is 61.2 Å². The highest BCUT2D eigenvalue weighted by atomic mass is 19.1. The molecule has 6 heteroatoms. The molecule has 0 aliphatic rings. The summed E-state index contributed by atoms with van der Waals surface area (Å²) >= 11 is 0. The summed E-state index contributed by atoms with van der Waals surface area (Å²) in [6, 6.07) is 2.85. The van der Waals surface area contributed by atoms with Gasteiger partial charge in [0.2, 0.25) is 5.95 Å². The van der Waals surface area contributed by atoms with E-state index in [-0.39, 0.29) is 17.7 Å². The molecule has 0 atom stereocenters. The lowest BCUT2D eigenvalue weighted by Crippen LogP contribution is -2.26. The molecule has 94 valence electrons. The molecule has 0 radical (unpaired) electrons. The van der Waals surface area contributed by atoms with Gasteiger partial charge in [-0.05, 0) is 19.1 Å². The summed E-state index contributed by atoms with van der Waals surface area (Å²) in [7, 11) is 1.39. The Balaban J connectivity index is 2.76. The highest BCUT2D eigenvalue weighted by Gasteiger charge is 2.16. The van der Waals surface area contributed by atoms with Gasteiger partial charge in [-0.2, -0.15) is 4.39 Å². The third-order valence-corrected chi connectivity index (χ3v) is 2.58. The molecule has 2 aromatic heterocycles. The number of esters is 1. The summed E-state index contributed by atoms with van der Waals surface area (Å²) in [5.41, 5.74) is -0.652. The molecule has 0 amide bonds. The van der Waals surface area contributed by atoms with Crippen molar-refractivity contribution in [1.29, 1.82) is 0 Å². The number of carbonyl (C=O) groups is 1. The molecule has 2 rings (SSSR count). The first-order valence-electron chi connectivity index (χ1n) is 5.37. The third-order valence-electron chi connectivity index (χ3n) is 2.58. The first-order valence-corrected chi connectivity index (χ1v) is 5.37. The van der Waals surface area contributed by atoms with Gasteiger partial charge in [0.1, 0.15) is 11.1 Å². The van der Waals surface area contributed by atoms with Crippen molar-refractivity contribution < 1.29 is 13.9 Å². The Morgan fingerprint density at radius 3 is 2.94 bits per heavy atom. The van der Waals surface area contributed by atoms with Gasteiger partial charge in [-0.15, -0.1) is 0 Å². The van der Waals surface area contributed by atoms with Crippen molar-refractivity contribution >= 4 is 16.9 Å². The maximum Gasteiger partial charge on any atom is 0.343 e. The van der Waals surface area contributed by atoms with E-state index in [2.05, 4.69) is 4.98 Å². The smallest absolute Gasteiger partial charge is 0.343 e. The third kappa shape index (κ3) is 1.85. The molecular formula is C12H11FN2O3. The first kappa shape index (κ1) is 12.2. The lowest BCUT2D eigenvalue weighted by molar-refractivity contribution is 0.0524. The van der Waals surface area contributed by atoms with Gasteiger partial charge in [0.15, 0.2) is 0 Å². The number of nitrogens with zero attached hydrogens (tertiary/aromatic N) is 2. The standard InChI is InChI=1S/C12H11FN2O3/c1-3-18-12(17)8-6-7-4-5-14-10(13)9(7)15(2)11(8)16/h4-6H,3H2,1-2H3. The van der Waals surface area contributed by atoms with Gasteiger partial charge in [0.25, 0.3) is 5.56 Å². The number of fused-ring (bicyclic) bond motifs is 1. The number of halogens is 1. The Morgan fingerprint density at radius 1 is 1.56 bits per heavy atom. The largest absolute Gasteiger partial charge is 0.462 e. The van der Waals surface area contributed by atoms with Crippen molar-refractivity contribution in [3.05, 3.63) is 40.2 Å². The molecule has 0 aliphatic carbocycles. The maximum atomic E-state index is 13.5. The van der Waals surface area contributed by atoms with Gasteiger partial charge in [-0.25, -0.2) is 9.78 Å². The van der Waals surface area contributed by atoms with Crippen LogP contribution in [-0.4, -0.2) is 22.1 Å². The highest BCUT2D eigenvalue weighted by molar-refractivity contribution is 5.93. The zero-order valence-corrected chi connectivity index (χ0v) is 9.94. The first-order chi connectivity index (χ1) is 8.56. The van der Waals surface area contributed by atoms with Gasteiger partial charge in [0.05, 0.1) is 6.61 Å². The van der Waals surface area contributed by atoms with Gasteiger partial charge in [0, 0.05) is 18.6 Å². The van der Waals surface area contributed by atoms with Crippen molar-refractivity contribution in [1.82, 2.24) is 9.55 Å². The molecular weight excluding hydrogens is 239 g/mol. The number of carbonyl (C=O) groups excluding carboxylic acids is 1. The predicted molar refractivity (Wildman–Crippen MR) is 62.9 cm³/mol. The monoisotopic (exact) mass is 250 g/mol. The number of aromatic nitrogens is 2. The van der Waals surface area contributed by atoms with Crippen LogP contribution in [0.25, 0.3) is 10.9 Å². The van der Waals surface area contributed by atoms with Crippen molar-refractivity contribution in [2.75, 3.05) is 6.61 Å². The summed E-state index contributed by atoms with van der Waals surface area (Å²) in [6.45, 7) is 1.82. The fourth-order valence-electron chi connectivity index (χ4n) is 1.75. The molecule has 0 aliphatic heterocycles. The second kappa shape index (κ2) is 4.56. The van der Waals surface area contributed by atoms with E-state index in [0.717, 1.165) is 4.57 Å². The Bertz CT molecular complexity index is 679. The van der Waals surface area contributed by atoms with Gasteiger partial charge in [-0.1, -0.05) is 0 Å². The van der Waals surface area contributed by atoms with Crippen LogP contribution >= 0.6 is 0 Å². The molecule has 2 aromatic rings. The summed E-state index contributed by atoms with van der Waals surface area (Å²) in [5, 5.41) is 0.424. The van der Waals surface area contributed by atoms with E-state index in [9.17, 15) is 14.0 Å². The summed E-state index contributed by atoms with van der Waals surface area (Å²) in [6.07, 6.45) is 1.27. The Morgan fingerprint density at radius 2 is 2.28 bits per heavy atom. The van der Waals surface area contributed by atoms with Crippen molar-refractivity contribution in [3.63, 3.8) is 0 Å². The summed E-state index contributed by atoms with van der Waals surface area (Å²) < 4.78 is 19.4. The molecule has 2 heterocycles. The van der Waals surface area contributed by atoms with Crippen LogP contribution in [0.3, 0.4) is 0 Å². The quantitative estimate of drug-likeness (QED) is 0.594. The SMILES string of the molecule is CCOC(=O)c1cc2ccnc(F)c2n(C)c1=O. The Labute approximate surface area is 102 Å². The fraction of sp³-hybridized carbons (Fsp3) is 0.250. The van der Waals surface area contributed by atoms with Crippen molar-refractivity contribution in [3.8, 4) is 0 Å². The molecule has 0 aromatic carbocycles. The molecule has 0 spiro atoms. The molecule has 0 bridgehead atoms. The molecule has 0 unspecified atom stereocenters. The molecule has 0 saturated carbocycles. The Kier molecular flexibility index (Phi) is 3.10. The van der Waals surface area contributed by atoms with Crippen LogP contribution in [0.4, 0.5) is 4.39 Å². The minimum absolute atomic E-state index is 0.0653. The van der Waals surface area contributed by atoms with Crippen LogP contribution in [0.1, 0.15) is 17.3 Å². The van der Waals surface area contributed by atoms with Gasteiger partial charge >= 0.3 is 5.97 Å². The zero-order valence-electron chi connectivity index (χ0n) is 9.94. The zero-order chi connectivity index (χ0) is 13.3. The van der Waals surface area contributed by atoms with Crippen LogP contribution in [0.2, 0.25) is 0 Å². The molecule has 0 N–H and O–H groups in total. The van der Waals surface area contributed by atoms with E-state index < -0.39 is 17.5 Å². The van der Waals surface area contributed by atoms with Crippen LogP contribution in [-0.2, 0) is 11.8 Å². The van der Waals surface area contributed by atoms with E-state index in [1.807, 2.05) is 0 Å². The second-order valence-electron chi connectivity index (χ2n) is 3.68. The lowest BCUT2D eigenvalue weighted by atomic mass is 10.2. The van der Waals surface area contributed by atoms with E-state index in [1.54, 1.807) is 6.92 Å². The number of hydrogen-bond donors (Lipinski definition) is 0. The summed E-state index contributed by atoms with van der Waals surface area (Å²) in [4.78, 5) is 27.0. The lowest BCUT2D eigenvalue weighted by Gasteiger charge is -2.08. The maximum absolute atomic E-state index is 13.5. The number of ether oxygens (including phenoxy) is 1. The van der Waals surface area contributed by atoms with Crippen molar-refractivity contribution in [2.45, 2.75) is 6.92 Å². The number of rotatable bonds is 2. The number of aryl methyl sites for hydroxylation is 1. The highest BCUT2D eigenvalue weighted by Crippen LogP contribution is 2.14. The number of pyridine rings is 2.